The zero-order chi connectivity index (χ0) is 18.5. The smallest absolute Gasteiger partial charge is 0.317 e. The maximum absolute atomic E-state index is 12.3. The Morgan fingerprint density at radius 3 is 2.42 bits per heavy atom. The zero-order valence-corrected chi connectivity index (χ0v) is 16.6. The molecule has 0 atom stereocenters. The molecule has 2 aliphatic heterocycles. The van der Waals surface area contributed by atoms with E-state index in [-0.39, 0.29) is 11.9 Å². The van der Waals surface area contributed by atoms with Crippen LogP contribution in [0.5, 0.6) is 0 Å². The highest BCUT2D eigenvalue weighted by Crippen LogP contribution is 2.19. The molecule has 0 saturated carbocycles. The molecule has 0 aromatic carbocycles. The lowest BCUT2D eigenvalue weighted by atomic mass is 10.2. The summed E-state index contributed by atoms with van der Waals surface area (Å²) < 4.78 is 0. The molecule has 2 saturated heterocycles. The second kappa shape index (κ2) is 8.81. The van der Waals surface area contributed by atoms with E-state index < -0.39 is 0 Å². The first kappa shape index (κ1) is 19.1. The molecular weight excluding hydrogens is 350 g/mol. The van der Waals surface area contributed by atoms with Gasteiger partial charge in [0.15, 0.2) is 0 Å². The van der Waals surface area contributed by atoms with E-state index in [9.17, 15) is 9.59 Å². The monoisotopic (exact) mass is 379 g/mol. The van der Waals surface area contributed by atoms with Crippen LogP contribution in [0.3, 0.4) is 0 Å². The summed E-state index contributed by atoms with van der Waals surface area (Å²) in [6.07, 6.45) is 2.24. The molecule has 1 N–H and O–H groups in total. The van der Waals surface area contributed by atoms with Crippen LogP contribution >= 0.6 is 11.3 Å². The van der Waals surface area contributed by atoms with Crippen LogP contribution in [0, 0.1) is 0 Å². The van der Waals surface area contributed by atoms with Gasteiger partial charge in [0, 0.05) is 50.6 Å². The van der Waals surface area contributed by atoms with Crippen molar-refractivity contribution < 1.29 is 9.59 Å². The topological polar surface area (TPSA) is 68.8 Å². The minimum atomic E-state index is -0.0467. The van der Waals surface area contributed by atoms with Crippen molar-refractivity contribution in [2.45, 2.75) is 39.2 Å². The molecule has 8 heteroatoms. The number of nitrogens with one attached hydrogen (secondary N) is 1. The van der Waals surface area contributed by atoms with Crippen LogP contribution in [-0.4, -0.2) is 77.4 Å². The Morgan fingerprint density at radius 2 is 1.81 bits per heavy atom. The fourth-order valence-electron chi connectivity index (χ4n) is 3.31. The van der Waals surface area contributed by atoms with Gasteiger partial charge < -0.3 is 15.1 Å². The van der Waals surface area contributed by atoms with Crippen LogP contribution < -0.4 is 5.32 Å². The number of nitrogens with zero attached hydrogens (tertiary/aromatic N) is 4. The predicted octanol–water partition coefficient (Wildman–Crippen LogP) is 1.72. The number of thiazole rings is 1. The summed E-state index contributed by atoms with van der Waals surface area (Å²) in [5.41, 5.74) is 0.918. The lowest BCUT2D eigenvalue weighted by molar-refractivity contribution is -0.131. The molecule has 3 rings (SSSR count). The quantitative estimate of drug-likeness (QED) is 0.846. The SMILES string of the molecule is CC(C)c1nc(CNC(=O)N2CCN(CC(=O)N3CCCC3)CC2)cs1. The Morgan fingerprint density at radius 1 is 1.12 bits per heavy atom. The van der Waals surface area contributed by atoms with E-state index in [1.54, 1.807) is 11.3 Å². The lowest BCUT2D eigenvalue weighted by Crippen LogP contribution is -2.53. The van der Waals surface area contributed by atoms with Crippen molar-refractivity contribution in [2.75, 3.05) is 45.8 Å². The molecule has 0 aliphatic carbocycles. The molecule has 144 valence electrons. The third-order valence-corrected chi connectivity index (χ3v) is 6.16. The van der Waals surface area contributed by atoms with Crippen molar-refractivity contribution in [2.24, 2.45) is 0 Å². The van der Waals surface area contributed by atoms with E-state index in [0.717, 1.165) is 49.7 Å². The van der Waals surface area contributed by atoms with E-state index in [4.69, 9.17) is 0 Å². The van der Waals surface area contributed by atoms with Gasteiger partial charge in [0.2, 0.25) is 5.91 Å². The molecule has 0 radical (unpaired) electrons. The van der Waals surface area contributed by atoms with E-state index >= 15 is 0 Å². The number of amides is 3. The van der Waals surface area contributed by atoms with E-state index in [2.05, 4.69) is 29.0 Å². The van der Waals surface area contributed by atoms with E-state index in [0.29, 0.717) is 32.1 Å². The molecule has 1 aromatic heterocycles. The first-order valence-electron chi connectivity index (χ1n) is 9.50. The van der Waals surface area contributed by atoms with Crippen molar-refractivity contribution in [1.82, 2.24) is 25.0 Å². The van der Waals surface area contributed by atoms with Gasteiger partial charge in [-0.15, -0.1) is 11.3 Å². The van der Waals surface area contributed by atoms with Gasteiger partial charge in [-0.2, -0.15) is 0 Å². The summed E-state index contributed by atoms with van der Waals surface area (Å²) in [5, 5.41) is 6.07. The Labute approximate surface area is 159 Å². The number of piperazine rings is 1. The molecule has 2 aliphatic rings. The molecule has 3 heterocycles. The van der Waals surface area contributed by atoms with Crippen molar-refractivity contribution in [1.29, 1.82) is 0 Å². The van der Waals surface area contributed by atoms with Gasteiger partial charge in [-0.3, -0.25) is 9.69 Å². The summed E-state index contributed by atoms with van der Waals surface area (Å²) in [7, 11) is 0. The third kappa shape index (κ3) is 4.94. The van der Waals surface area contributed by atoms with Gasteiger partial charge in [0.1, 0.15) is 0 Å². The summed E-state index contributed by atoms with van der Waals surface area (Å²) in [4.78, 5) is 35.0. The van der Waals surface area contributed by atoms with Crippen LogP contribution in [0.1, 0.15) is 43.3 Å². The Balaban J connectivity index is 1.38. The summed E-state index contributed by atoms with van der Waals surface area (Å²) in [6, 6.07) is -0.0467. The van der Waals surface area contributed by atoms with Crippen molar-refractivity contribution in [3.05, 3.63) is 16.1 Å². The van der Waals surface area contributed by atoms with Gasteiger partial charge >= 0.3 is 6.03 Å². The highest BCUT2D eigenvalue weighted by molar-refractivity contribution is 7.09. The van der Waals surface area contributed by atoms with Crippen molar-refractivity contribution in [3.8, 4) is 0 Å². The Bertz CT molecular complexity index is 619. The molecule has 0 spiro atoms. The minimum absolute atomic E-state index is 0.0467. The van der Waals surface area contributed by atoms with E-state index in [1.807, 2.05) is 15.2 Å². The summed E-state index contributed by atoms with van der Waals surface area (Å²) >= 11 is 1.64. The zero-order valence-electron chi connectivity index (χ0n) is 15.7. The maximum Gasteiger partial charge on any atom is 0.317 e. The molecule has 3 amide bonds. The van der Waals surface area contributed by atoms with Gasteiger partial charge in [-0.1, -0.05) is 13.8 Å². The molecule has 0 unspecified atom stereocenters. The molecule has 2 fully saturated rings. The van der Waals surface area contributed by atoms with Crippen LogP contribution in [0.25, 0.3) is 0 Å². The molecule has 7 nitrogen and oxygen atoms in total. The van der Waals surface area contributed by atoms with Crippen LogP contribution in [0.2, 0.25) is 0 Å². The number of hydrogen-bond donors (Lipinski definition) is 1. The van der Waals surface area contributed by atoms with Gasteiger partial charge in [-0.05, 0) is 12.8 Å². The average Bonchev–Trinajstić information content (AvgIpc) is 3.32. The second-order valence-corrected chi connectivity index (χ2v) is 8.23. The van der Waals surface area contributed by atoms with Crippen LogP contribution in [0.4, 0.5) is 4.79 Å². The first-order chi connectivity index (χ1) is 12.5. The van der Waals surface area contributed by atoms with Gasteiger partial charge in [-0.25, -0.2) is 9.78 Å². The number of urea groups is 1. The minimum Gasteiger partial charge on any atom is -0.342 e. The average molecular weight is 380 g/mol. The normalized spacial score (nSPS) is 18.6. The molecule has 1 aromatic rings. The van der Waals surface area contributed by atoms with Crippen molar-refractivity contribution in [3.63, 3.8) is 0 Å². The number of aromatic nitrogens is 1. The molecule has 0 bridgehead atoms. The second-order valence-electron chi connectivity index (χ2n) is 7.34. The molecular formula is C18H29N5O2S. The Hall–Kier alpha value is -1.67. The number of hydrogen-bond acceptors (Lipinski definition) is 5. The van der Waals surface area contributed by atoms with Crippen molar-refractivity contribution >= 4 is 23.3 Å². The fourth-order valence-corrected chi connectivity index (χ4v) is 4.15. The van der Waals surface area contributed by atoms with E-state index in [1.165, 1.54) is 0 Å². The fraction of sp³-hybridized carbons (Fsp3) is 0.722. The van der Waals surface area contributed by atoms with Gasteiger partial charge in [0.05, 0.1) is 23.8 Å². The maximum atomic E-state index is 12.3. The lowest BCUT2D eigenvalue weighted by Gasteiger charge is -2.34. The number of likely N-dealkylation sites (tertiary alicyclic amines) is 1. The highest BCUT2D eigenvalue weighted by Gasteiger charge is 2.25. The third-order valence-electron chi connectivity index (χ3n) is 4.96. The summed E-state index contributed by atoms with van der Waals surface area (Å²) in [6.45, 7) is 9.81. The summed E-state index contributed by atoms with van der Waals surface area (Å²) in [5.74, 6) is 0.644. The number of rotatable bonds is 5. The number of carbonyl (C=O) groups excluding carboxylic acids is 2. The first-order valence-corrected chi connectivity index (χ1v) is 10.4. The molecule has 26 heavy (non-hydrogen) atoms. The van der Waals surface area contributed by atoms with Crippen LogP contribution in [0.15, 0.2) is 5.38 Å². The van der Waals surface area contributed by atoms with Crippen LogP contribution in [-0.2, 0) is 11.3 Å². The highest BCUT2D eigenvalue weighted by atomic mass is 32.1. The Kier molecular flexibility index (Phi) is 6.48. The largest absolute Gasteiger partial charge is 0.342 e. The van der Waals surface area contributed by atoms with Gasteiger partial charge in [0.25, 0.3) is 0 Å². The number of carbonyl (C=O) groups is 2. The predicted molar refractivity (Wildman–Crippen MR) is 102 cm³/mol. The standard InChI is InChI=1S/C18H29N5O2S/c1-14(2)17-20-15(13-26-17)11-19-18(25)23-9-7-21(8-10-23)12-16(24)22-5-3-4-6-22/h13-14H,3-12H2,1-2H3,(H,19,25).